The molecule has 5 N–H and O–H groups in total. The van der Waals surface area contributed by atoms with E-state index in [2.05, 4.69) is 10.6 Å². The van der Waals surface area contributed by atoms with Crippen molar-refractivity contribution in [2.45, 2.75) is 67.6 Å². The first-order valence-corrected chi connectivity index (χ1v) is 16.2. The standard InChI is InChI=1S/C30H40N4O9S/c1-40-22-7-2-19(3-8-22)16-25(33-30(37)43-27-13-15-42-29-24(27)12-14-41-29)26(35)18-34(17-21-6-11-28(36)32-21)44(38,39)23-9-4-20(31)5-10-23/h2-5,7-10,21,24-27,29,35H,6,11-18,31H2,1H3,(H,32,36)(H,33,37)/t21-,24+,25+,26-,27+,29-/m1/s1. The summed E-state index contributed by atoms with van der Waals surface area (Å²) in [4.78, 5) is 25.1. The van der Waals surface area contributed by atoms with E-state index in [0.29, 0.717) is 43.9 Å². The minimum Gasteiger partial charge on any atom is -0.497 e. The van der Waals surface area contributed by atoms with Crippen LogP contribution in [0.25, 0.3) is 0 Å². The highest BCUT2D eigenvalue weighted by atomic mass is 32.2. The van der Waals surface area contributed by atoms with Crippen LogP contribution >= 0.6 is 0 Å². The molecule has 6 atom stereocenters. The number of methoxy groups -OCH3 is 1. The Morgan fingerprint density at radius 1 is 1.11 bits per heavy atom. The fraction of sp³-hybridized carbons (Fsp3) is 0.533. The third-order valence-corrected chi connectivity index (χ3v) is 10.1. The second-order valence-corrected chi connectivity index (χ2v) is 13.3. The molecule has 3 fully saturated rings. The van der Waals surface area contributed by atoms with Gasteiger partial charge in [0.1, 0.15) is 11.9 Å². The highest BCUT2D eigenvalue weighted by Crippen LogP contribution is 2.32. The van der Waals surface area contributed by atoms with Gasteiger partial charge in [-0.3, -0.25) is 4.79 Å². The summed E-state index contributed by atoms with van der Waals surface area (Å²) in [6, 6.07) is 11.6. The number of aliphatic hydroxyl groups excluding tert-OH is 1. The average Bonchev–Trinajstić information content (AvgIpc) is 3.66. The number of nitrogens with two attached hydrogens (primary N) is 1. The maximum Gasteiger partial charge on any atom is 0.407 e. The van der Waals surface area contributed by atoms with E-state index >= 15 is 0 Å². The smallest absolute Gasteiger partial charge is 0.407 e. The van der Waals surface area contributed by atoms with Crippen LogP contribution in [0.2, 0.25) is 0 Å². The summed E-state index contributed by atoms with van der Waals surface area (Å²) >= 11 is 0. The van der Waals surface area contributed by atoms with Gasteiger partial charge in [-0.25, -0.2) is 13.2 Å². The number of anilines is 1. The van der Waals surface area contributed by atoms with Crippen LogP contribution < -0.4 is 21.1 Å². The lowest BCUT2D eigenvalue weighted by molar-refractivity contribution is -0.179. The zero-order chi connectivity index (χ0) is 31.3. The van der Waals surface area contributed by atoms with Gasteiger partial charge in [0, 0.05) is 43.6 Å². The van der Waals surface area contributed by atoms with Gasteiger partial charge in [0.05, 0.1) is 37.4 Å². The Kier molecular flexibility index (Phi) is 10.3. The Labute approximate surface area is 257 Å². The van der Waals surface area contributed by atoms with Gasteiger partial charge >= 0.3 is 6.09 Å². The van der Waals surface area contributed by atoms with Crippen LogP contribution in [0.4, 0.5) is 10.5 Å². The molecule has 0 aromatic heterocycles. The second-order valence-electron chi connectivity index (χ2n) is 11.4. The lowest BCUT2D eigenvalue weighted by atomic mass is 9.95. The quantitative estimate of drug-likeness (QED) is 0.250. The van der Waals surface area contributed by atoms with Crippen molar-refractivity contribution in [3.8, 4) is 5.75 Å². The Hall–Kier alpha value is -3.43. The van der Waals surface area contributed by atoms with E-state index in [1.807, 2.05) is 0 Å². The largest absolute Gasteiger partial charge is 0.497 e. The number of amides is 2. The van der Waals surface area contributed by atoms with Crippen LogP contribution in [0.5, 0.6) is 5.75 Å². The normalized spacial score (nSPS) is 24.8. The van der Waals surface area contributed by atoms with Gasteiger partial charge in [0.25, 0.3) is 0 Å². The molecule has 0 saturated carbocycles. The third-order valence-electron chi connectivity index (χ3n) is 8.30. The number of benzene rings is 2. The van der Waals surface area contributed by atoms with Gasteiger partial charge in [-0.2, -0.15) is 4.31 Å². The van der Waals surface area contributed by atoms with Crippen LogP contribution in [0.1, 0.15) is 31.2 Å². The number of carbonyl (C=O) groups excluding carboxylic acids is 2. The number of aliphatic hydroxyl groups is 1. The van der Waals surface area contributed by atoms with Crippen molar-refractivity contribution < 1.29 is 42.1 Å². The van der Waals surface area contributed by atoms with Gasteiger partial charge in [-0.15, -0.1) is 0 Å². The number of ether oxygens (including phenoxy) is 4. The number of nitrogen functional groups attached to an aromatic ring is 1. The minimum atomic E-state index is -4.12. The molecule has 2 aromatic carbocycles. The molecule has 240 valence electrons. The molecule has 3 aliphatic heterocycles. The average molecular weight is 633 g/mol. The maximum atomic E-state index is 13.8. The number of rotatable bonds is 12. The monoisotopic (exact) mass is 632 g/mol. The molecule has 0 spiro atoms. The number of carbonyl (C=O) groups is 2. The Balaban J connectivity index is 1.36. The summed E-state index contributed by atoms with van der Waals surface area (Å²) in [5, 5.41) is 17.2. The predicted octanol–water partition coefficient (Wildman–Crippen LogP) is 1.40. The summed E-state index contributed by atoms with van der Waals surface area (Å²) in [6.07, 6.45) is -0.748. The molecule has 3 aliphatic rings. The summed E-state index contributed by atoms with van der Waals surface area (Å²) in [5.74, 6) is 0.400. The molecule has 0 unspecified atom stereocenters. The van der Waals surface area contributed by atoms with E-state index in [1.54, 1.807) is 31.4 Å². The van der Waals surface area contributed by atoms with Gasteiger partial charge in [0.2, 0.25) is 15.9 Å². The van der Waals surface area contributed by atoms with Gasteiger partial charge in [-0.05, 0) is 61.2 Å². The molecule has 13 nitrogen and oxygen atoms in total. The van der Waals surface area contributed by atoms with E-state index in [4.69, 9.17) is 24.7 Å². The van der Waals surface area contributed by atoms with Gasteiger partial charge < -0.3 is 40.4 Å². The van der Waals surface area contributed by atoms with Crippen molar-refractivity contribution in [3.05, 3.63) is 54.1 Å². The lowest BCUT2D eigenvalue weighted by Gasteiger charge is -2.34. The van der Waals surface area contributed by atoms with E-state index in [0.717, 1.165) is 9.87 Å². The van der Waals surface area contributed by atoms with Crippen molar-refractivity contribution >= 4 is 27.7 Å². The number of hydrogen-bond donors (Lipinski definition) is 4. The highest BCUT2D eigenvalue weighted by molar-refractivity contribution is 7.89. The van der Waals surface area contributed by atoms with Crippen LogP contribution in [0.15, 0.2) is 53.4 Å². The topological polar surface area (TPSA) is 179 Å². The highest BCUT2D eigenvalue weighted by Gasteiger charge is 2.41. The number of nitrogens with one attached hydrogen (secondary N) is 2. The van der Waals surface area contributed by atoms with Crippen molar-refractivity contribution in [2.24, 2.45) is 5.92 Å². The van der Waals surface area contributed by atoms with Crippen LogP contribution in [-0.2, 0) is 35.4 Å². The summed E-state index contributed by atoms with van der Waals surface area (Å²) in [7, 11) is -2.56. The van der Waals surface area contributed by atoms with Gasteiger partial charge in [0.15, 0.2) is 6.29 Å². The Morgan fingerprint density at radius 3 is 2.48 bits per heavy atom. The summed E-state index contributed by atoms with van der Waals surface area (Å²) < 4.78 is 51.0. The lowest BCUT2D eigenvalue weighted by Crippen LogP contribution is -2.53. The fourth-order valence-electron chi connectivity index (χ4n) is 5.85. The molecule has 3 saturated heterocycles. The summed E-state index contributed by atoms with van der Waals surface area (Å²) in [6.45, 7) is 0.512. The maximum absolute atomic E-state index is 13.8. The van der Waals surface area contributed by atoms with Crippen LogP contribution in [-0.4, -0.2) is 93.8 Å². The van der Waals surface area contributed by atoms with Crippen molar-refractivity contribution in [1.29, 1.82) is 0 Å². The molecular weight excluding hydrogens is 592 g/mol. The first kappa shape index (κ1) is 32.0. The van der Waals surface area contributed by atoms with Gasteiger partial charge in [-0.1, -0.05) is 12.1 Å². The Bertz CT molecular complexity index is 1390. The number of hydrogen-bond acceptors (Lipinski definition) is 10. The SMILES string of the molecule is COc1ccc(C[C@H](NC(=O)O[C@H]2CCO[C@H]3OCC[C@H]32)[C@H](O)CN(C[C@H]2CCC(=O)N2)S(=O)(=O)c2ccc(N)cc2)cc1. The van der Waals surface area contributed by atoms with Crippen molar-refractivity contribution in [3.63, 3.8) is 0 Å². The zero-order valence-electron chi connectivity index (χ0n) is 24.6. The molecule has 0 bridgehead atoms. The molecule has 3 heterocycles. The minimum absolute atomic E-state index is 0.00449. The van der Waals surface area contributed by atoms with Crippen LogP contribution in [0, 0.1) is 5.92 Å². The number of alkyl carbamates (subject to hydrolysis) is 1. The second kappa shape index (κ2) is 14.1. The fourth-order valence-corrected chi connectivity index (χ4v) is 7.35. The molecule has 0 aliphatic carbocycles. The molecule has 44 heavy (non-hydrogen) atoms. The van der Waals surface area contributed by atoms with Crippen LogP contribution in [0.3, 0.4) is 0 Å². The molecule has 2 aromatic rings. The Morgan fingerprint density at radius 2 is 1.82 bits per heavy atom. The number of nitrogens with zero attached hydrogens (tertiary/aromatic N) is 1. The zero-order valence-corrected chi connectivity index (χ0v) is 25.4. The van der Waals surface area contributed by atoms with E-state index < -0.39 is 46.7 Å². The van der Waals surface area contributed by atoms with E-state index in [-0.39, 0.29) is 42.7 Å². The first-order valence-electron chi connectivity index (χ1n) is 14.8. The molecule has 5 rings (SSSR count). The predicted molar refractivity (Wildman–Crippen MR) is 159 cm³/mol. The van der Waals surface area contributed by atoms with E-state index in [1.165, 1.54) is 24.3 Å². The summed E-state index contributed by atoms with van der Waals surface area (Å²) in [5.41, 5.74) is 6.96. The number of fused-ring (bicyclic) bond motifs is 1. The molecule has 14 heteroatoms. The van der Waals surface area contributed by atoms with Crippen molar-refractivity contribution in [1.82, 2.24) is 14.9 Å². The van der Waals surface area contributed by atoms with Crippen molar-refractivity contribution in [2.75, 3.05) is 39.1 Å². The number of sulfonamides is 1. The van der Waals surface area contributed by atoms with E-state index in [9.17, 15) is 23.1 Å². The molecule has 2 amide bonds. The molecule has 0 radical (unpaired) electrons. The molecular formula is C30H40N4O9S. The first-order chi connectivity index (χ1) is 21.1. The third kappa shape index (κ3) is 7.80.